The number of carbonyl (C=O) groups is 3. The van der Waals surface area contributed by atoms with Gasteiger partial charge in [-0.15, -0.1) is 0 Å². The summed E-state index contributed by atoms with van der Waals surface area (Å²) < 4.78 is 38.4. The molecule has 0 bridgehead atoms. The number of rotatable bonds is 12. The van der Waals surface area contributed by atoms with Crippen molar-refractivity contribution in [3.05, 3.63) is 0 Å². The van der Waals surface area contributed by atoms with E-state index < -0.39 is 46.3 Å². The second-order valence-electron chi connectivity index (χ2n) is 7.32. The van der Waals surface area contributed by atoms with E-state index in [1.165, 1.54) is 27.7 Å². The molecule has 2 atom stereocenters. The highest BCUT2D eigenvalue weighted by molar-refractivity contribution is 7.86. The molecule has 1 amide bonds. The first-order chi connectivity index (χ1) is 12.7. The largest absolute Gasteiger partial charge is 0.460 e. The minimum atomic E-state index is -3.91. The van der Waals surface area contributed by atoms with Crippen LogP contribution in [0.2, 0.25) is 0 Å². The Hall–Kier alpha value is -1.72. The highest BCUT2D eigenvalue weighted by Crippen LogP contribution is 2.24. The molecule has 164 valence electrons. The topological polar surface area (TPSA) is 145 Å². The first-order valence-corrected chi connectivity index (χ1v) is 10.5. The lowest BCUT2D eigenvalue weighted by atomic mass is 9.87. The summed E-state index contributed by atoms with van der Waals surface area (Å²) in [6.45, 7) is 8.44. The first kappa shape index (κ1) is 26.3. The number of aliphatic hydroxyl groups is 1. The normalized spacial score (nSPS) is 14.3. The molecule has 0 aromatic heterocycles. The molecule has 0 aromatic carbocycles. The summed E-state index contributed by atoms with van der Waals surface area (Å²) >= 11 is 0. The van der Waals surface area contributed by atoms with Crippen molar-refractivity contribution in [2.45, 2.75) is 66.3 Å². The van der Waals surface area contributed by atoms with E-state index in [2.05, 4.69) is 5.32 Å². The van der Waals surface area contributed by atoms with Crippen molar-refractivity contribution >= 4 is 28.0 Å². The molecule has 0 aliphatic heterocycles. The van der Waals surface area contributed by atoms with E-state index >= 15 is 0 Å². The molecule has 11 heteroatoms. The molecule has 0 aliphatic rings. The van der Waals surface area contributed by atoms with Crippen LogP contribution in [0.1, 0.15) is 48.0 Å². The molecule has 0 spiro atoms. The minimum absolute atomic E-state index is 0.155. The lowest BCUT2D eigenvalue weighted by molar-refractivity contribution is -0.178. The molecule has 0 unspecified atom stereocenters. The summed E-state index contributed by atoms with van der Waals surface area (Å²) in [6.07, 6.45) is -3.18. The predicted octanol–water partition coefficient (Wildman–Crippen LogP) is 0.129. The van der Waals surface area contributed by atoms with Crippen LogP contribution >= 0.6 is 0 Å². The molecule has 0 rings (SSSR count). The van der Waals surface area contributed by atoms with E-state index in [0.29, 0.717) is 0 Å². The molecule has 2 N–H and O–H groups in total. The average molecular weight is 426 g/mol. The van der Waals surface area contributed by atoms with Gasteiger partial charge in [-0.1, -0.05) is 13.8 Å². The smallest absolute Gasteiger partial charge is 0.347 e. The number of amides is 1. The van der Waals surface area contributed by atoms with Crippen LogP contribution in [0.3, 0.4) is 0 Å². The maximum Gasteiger partial charge on any atom is 0.347 e. The molecular formula is C17H31NO9S. The Labute approximate surface area is 166 Å². The van der Waals surface area contributed by atoms with Crippen LogP contribution in [0.25, 0.3) is 0 Å². The van der Waals surface area contributed by atoms with Gasteiger partial charge < -0.3 is 19.9 Å². The third kappa shape index (κ3) is 10.6. The molecule has 0 saturated heterocycles. The van der Waals surface area contributed by atoms with Crippen LogP contribution in [-0.2, 0) is 38.2 Å². The van der Waals surface area contributed by atoms with E-state index in [4.69, 9.17) is 13.7 Å². The van der Waals surface area contributed by atoms with E-state index in [1.807, 2.05) is 0 Å². The maximum absolute atomic E-state index is 12.1. The van der Waals surface area contributed by atoms with Gasteiger partial charge in [0.25, 0.3) is 10.1 Å². The number of nitrogens with one attached hydrogen (secondary N) is 1. The zero-order chi connectivity index (χ0) is 22.1. The Bertz CT molecular complexity index is 643. The summed E-state index contributed by atoms with van der Waals surface area (Å²) in [5.74, 6) is -2.45. The summed E-state index contributed by atoms with van der Waals surface area (Å²) in [5, 5.41) is 12.6. The lowest BCUT2D eigenvalue weighted by Gasteiger charge is -2.29. The summed E-state index contributed by atoms with van der Waals surface area (Å²) in [4.78, 5) is 34.5. The fourth-order valence-corrected chi connectivity index (χ4v) is 2.93. The molecule has 0 radical (unpaired) electrons. The number of carbonyl (C=O) groups excluding carboxylic acids is 3. The maximum atomic E-state index is 12.1. The van der Waals surface area contributed by atoms with Gasteiger partial charge >= 0.3 is 11.9 Å². The quantitative estimate of drug-likeness (QED) is 0.253. The SMILES string of the molecule is CC(=O)NCCCS(=O)(=O)OCC(C)(C)[C@@H](O)C(=O)O[C@@H](C)C(=O)OC(C)C. The Kier molecular flexibility index (Phi) is 10.6. The van der Waals surface area contributed by atoms with Crippen molar-refractivity contribution in [3.8, 4) is 0 Å². The molecule has 0 fully saturated rings. The van der Waals surface area contributed by atoms with Crippen molar-refractivity contribution in [2.75, 3.05) is 18.9 Å². The number of esters is 2. The Balaban J connectivity index is 4.63. The van der Waals surface area contributed by atoms with Crippen molar-refractivity contribution in [2.24, 2.45) is 5.41 Å². The van der Waals surface area contributed by atoms with Crippen LogP contribution in [0.4, 0.5) is 0 Å². The van der Waals surface area contributed by atoms with Crippen molar-refractivity contribution in [1.82, 2.24) is 5.32 Å². The number of ether oxygens (including phenoxy) is 2. The molecule has 28 heavy (non-hydrogen) atoms. The third-order valence-corrected chi connectivity index (χ3v) is 4.76. The van der Waals surface area contributed by atoms with Gasteiger partial charge in [0.2, 0.25) is 5.91 Å². The van der Waals surface area contributed by atoms with E-state index in [-0.39, 0.29) is 30.7 Å². The predicted molar refractivity (Wildman–Crippen MR) is 99.6 cm³/mol. The highest BCUT2D eigenvalue weighted by Gasteiger charge is 2.38. The average Bonchev–Trinajstić information content (AvgIpc) is 2.55. The van der Waals surface area contributed by atoms with Crippen molar-refractivity contribution in [3.63, 3.8) is 0 Å². The summed E-state index contributed by atoms with van der Waals surface area (Å²) in [6, 6.07) is 0. The fourth-order valence-electron chi connectivity index (χ4n) is 1.83. The van der Waals surface area contributed by atoms with Crippen LogP contribution < -0.4 is 5.32 Å². The second-order valence-corrected chi connectivity index (χ2v) is 9.08. The Morgan fingerprint density at radius 1 is 1.07 bits per heavy atom. The second kappa shape index (κ2) is 11.3. The Morgan fingerprint density at radius 2 is 1.64 bits per heavy atom. The summed E-state index contributed by atoms with van der Waals surface area (Å²) in [5.41, 5.74) is -1.30. The number of hydrogen-bond donors (Lipinski definition) is 2. The molecule has 10 nitrogen and oxygen atoms in total. The van der Waals surface area contributed by atoms with Gasteiger partial charge in [0.05, 0.1) is 18.5 Å². The monoisotopic (exact) mass is 425 g/mol. The lowest BCUT2D eigenvalue weighted by Crippen LogP contribution is -2.43. The third-order valence-electron chi connectivity index (χ3n) is 3.50. The molecular weight excluding hydrogens is 394 g/mol. The molecule has 0 saturated carbocycles. The van der Waals surface area contributed by atoms with Gasteiger partial charge in [-0.25, -0.2) is 9.59 Å². The number of hydrogen-bond acceptors (Lipinski definition) is 9. The molecule has 0 aromatic rings. The molecule has 0 aliphatic carbocycles. The van der Waals surface area contributed by atoms with Crippen molar-refractivity contribution < 1.29 is 41.6 Å². The molecule has 0 heterocycles. The van der Waals surface area contributed by atoms with Gasteiger partial charge in [-0.05, 0) is 27.2 Å². The van der Waals surface area contributed by atoms with Crippen LogP contribution in [-0.4, -0.2) is 68.6 Å². The van der Waals surface area contributed by atoms with Gasteiger partial charge in [-0.3, -0.25) is 8.98 Å². The van der Waals surface area contributed by atoms with Crippen LogP contribution in [0.15, 0.2) is 0 Å². The van der Waals surface area contributed by atoms with Crippen LogP contribution in [0.5, 0.6) is 0 Å². The van der Waals surface area contributed by atoms with Gasteiger partial charge in [0.1, 0.15) is 0 Å². The standard InChI is InChI=1S/C17H31NO9S/c1-11(2)26-15(21)12(3)27-16(22)14(20)17(5,6)10-25-28(23,24)9-7-8-18-13(4)19/h11-12,14,20H,7-10H2,1-6H3,(H,18,19)/t12-,14-/m0/s1. The highest BCUT2D eigenvalue weighted by atomic mass is 32.2. The number of aliphatic hydroxyl groups excluding tert-OH is 1. The van der Waals surface area contributed by atoms with Gasteiger partial charge in [-0.2, -0.15) is 8.42 Å². The van der Waals surface area contributed by atoms with E-state index in [9.17, 15) is 27.9 Å². The van der Waals surface area contributed by atoms with E-state index in [1.54, 1.807) is 13.8 Å². The zero-order valence-electron chi connectivity index (χ0n) is 17.2. The fraction of sp³-hybridized carbons (Fsp3) is 0.824. The van der Waals surface area contributed by atoms with Gasteiger partial charge in [0.15, 0.2) is 12.2 Å². The van der Waals surface area contributed by atoms with E-state index in [0.717, 1.165) is 0 Å². The first-order valence-electron chi connectivity index (χ1n) is 8.88. The van der Waals surface area contributed by atoms with Crippen molar-refractivity contribution in [1.29, 1.82) is 0 Å². The minimum Gasteiger partial charge on any atom is -0.460 e. The Morgan fingerprint density at radius 3 is 2.14 bits per heavy atom. The van der Waals surface area contributed by atoms with Crippen LogP contribution in [0, 0.1) is 5.41 Å². The van der Waals surface area contributed by atoms with Gasteiger partial charge in [0, 0.05) is 18.9 Å². The zero-order valence-corrected chi connectivity index (χ0v) is 18.0. The summed E-state index contributed by atoms with van der Waals surface area (Å²) in [7, 11) is -3.91.